The van der Waals surface area contributed by atoms with Crippen molar-refractivity contribution in [2.45, 2.75) is 30.2 Å². The summed E-state index contributed by atoms with van der Waals surface area (Å²) in [6, 6.07) is 6.11. The molecule has 1 fully saturated rings. The van der Waals surface area contributed by atoms with Crippen LogP contribution >= 0.6 is 23.1 Å². The number of nitrogens with one attached hydrogen (secondary N) is 3. The monoisotopic (exact) mass is 411 g/mol. The van der Waals surface area contributed by atoms with Crippen LogP contribution in [-0.2, 0) is 11.2 Å². The molecule has 8 heteroatoms. The summed E-state index contributed by atoms with van der Waals surface area (Å²) in [4.78, 5) is 19.4. The summed E-state index contributed by atoms with van der Waals surface area (Å²) in [5, 5.41) is 17.3. The molecule has 0 spiro atoms. The highest BCUT2D eigenvalue weighted by atomic mass is 32.2. The van der Waals surface area contributed by atoms with Crippen molar-refractivity contribution in [2.24, 2.45) is 5.92 Å². The summed E-state index contributed by atoms with van der Waals surface area (Å²) in [6.45, 7) is 2.01. The van der Waals surface area contributed by atoms with Crippen LogP contribution in [0.5, 0.6) is 0 Å². The maximum atomic E-state index is 13.2. The normalized spacial score (nSPS) is 18.1. The standard InChI is InChI=1S/C20H21N5OS2/c26-20(18-9-16-19-14(24-25-16)2-1-3-17(19)28-18)23-15(8-13-10-27-11-22-13)12-4-6-21-7-5-12/h1-3,9-12,15,21H,4-8H2,(H,23,26)(H,24,25). The van der Waals surface area contributed by atoms with Gasteiger partial charge in [0.15, 0.2) is 0 Å². The van der Waals surface area contributed by atoms with Gasteiger partial charge >= 0.3 is 0 Å². The SMILES string of the molecule is O=C(NC(Cc1cscn1)C1CCNCC1)C1=Cc2[nH]nc3cccc(c23)S1. The smallest absolute Gasteiger partial charge is 0.258 e. The van der Waals surface area contributed by atoms with Crippen molar-refractivity contribution in [1.82, 2.24) is 25.8 Å². The lowest BCUT2D eigenvalue weighted by Gasteiger charge is -2.31. The number of benzene rings is 1. The second kappa shape index (κ2) is 7.69. The lowest BCUT2D eigenvalue weighted by atomic mass is 9.87. The van der Waals surface area contributed by atoms with Crippen LogP contribution in [0.2, 0.25) is 0 Å². The van der Waals surface area contributed by atoms with Gasteiger partial charge in [-0.1, -0.05) is 17.8 Å². The first-order valence-corrected chi connectivity index (χ1v) is 11.3. The van der Waals surface area contributed by atoms with Gasteiger partial charge < -0.3 is 10.6 Å². The van der Waals surface area contributed by atoms with Crippen LogP contribution in [0.1, 0.15) is 24.2 Å². The van der Waals surface area contributed by atoms with Crippen LogP contribution in [0.15, 0.2) is 38.9 Å². The van der Waals surface area contributed by atoms with Crippen LogP contribution in [-0.4, -0.2) is 40.2 Å². The molecule has 0 bridgehead atoms. The molecule has 1 unspecified atom stereocenters. The summed E-state index contributed by atoms with van der Waals surface area (Å²) in [5.74, 6) is 0.452. The van der Waals surface area contributed by atoms with E-state index in [1.165, 1.54) is 11.8 Å². The summed E-state index contributed by atoms with van der Waals surface area (Å²) in [6.07, 6.45) is 4.85. The van der Waals surface area contributed by atoms with Gasteiger partial charge in [0.25, 0.3) is 5.91 Å². The minimum atomic E-state index is -0.0129. The second-order valence-electron chi connectivity index (χ2n) is 7.25. The second-order valence-corrected chi connectivity index (χ2v) is 9.05. The maximum absolute atomic E-state index is 13.2. The molecule has 2 aromatic heterocycles. The average Bonchev–Trinajstić information content (AvgIpc) is 3.39. The molecular formula is C20H21N5OS2. The van der Waals surface area contributed by atoms with Crippen molar-refractivity contribution < 1.29 is 4.79 Å². The summed E-state index contributed by atoms with van der Waals surface area (Å²) >= 11 is 3.12. The molecule has 144 valence electrons. The molecule has 3 N–H and O–H groups in total. The molecule has 2 aliphatic heterocycles. The van der Waals surface area contributed by atoms with Crippen molar-refractivity contribution in [3.05, 3.63) is 45.4 Å². The van der Waals surface area contributed by atoms with Gasteiger partial charge in [-0.25, -0.2) is 4.98 Å². The lowest BCUT2D eigenvalue weighted by molar-refractivity contribution is -0.117. The van der Waals surface area contributed by atoms with Gasteiger partial charge in [-0.2, -0.15) is 5.10 Å². The molecule has 0 aliphatic carbocycles. The van der Waals surface area contributed by atoms with E-state index < -0.39 is 0 Å². The molecule has 0 saturated carbocycles. The number of rotatable bonds is 5. The first kappa shape index (κ1) is 17.9. The van der Waals surface area contributed by atoms with Crippen LogP contribution in [0, 0.1) is 5.92 Å². The first-order chi connectivity index (χ1) is 13.8. The third-order valence-electron chi connectivity index (χ3n) is 5.47. The topological polar surface area (TPSA) is 82.7 Å². The number of hydrogen-bond acceptors (Lipinski definition) is 6. The number of thioether (sulfide) groups is 1. The van der Waals surface area contributed by atoms with Crippen LogP contribution in [0.25, 0.3) is 17.0 Å². The zero-order chi connectivity index (χ0) is 18.9. The van der Waals surface area contributed by atoms with E-state index in [9.17, 15) is 4.79 Å². The van der Waals surface area contributed by atoms with Crippen LogP contribution in [0.4, 0.5) is 0 Å². The summed E-state index contributed by atoms with van der Waals surface area (Å²) in [7, 11) is 0. The van der Waals surface area contributed by atoms with Crippen molar-refractivity contribution in [2.75, 3.05) is 13.1 Å². The van der Waals surface area contributed by atoms with Crippen molar-refractivity contribution in [3.63, 3.8) is 0 Å². The number of nitrogens with zero attached hydrogens (tertiary/aromatic N) is 2. The first-order valence-electron chi connectivity index (χ1n) is 9.53. The number of hydrogen-bond donors (Lipinski definition) is 3. The van der Waals surface area contributed by atoms with E-state index in [4.69, 9.17) is 0 Å². The van der Waals surface area contributed by atoms with Gasteiger partial charge in [0.2, 0.25) is 0 Å². The van der Waals surface area contributed by atoms with Gasteiger partial charge in [-0.05, 0) is 50.1 Å². The molecule has 3 aromatic rings. The Labute approximate surface area is 171 Å². The number of thiazole rings is 1. The Bertz CT molecular complexity index is 1020. The molecular weight excluding hydrogens is 390 g/mol. The number of H-pyrrole nitrogens is 1. The minimum absolute atomic E-state index is 0.0129. The molecule has 28 heavy (non-hydrogen) atoms. The van der Waals surface area contributed by atoms with Gasteiger partial charge in [0, 0.05) is 28.1 Å². The molecule has 1 amide bonds. The highest BCUT2D eigenvalue weighted by Crippen LogP contribution is 2.40. The predicted molar refractivity (Wildman–Crippen MR) is 113 cm³/mol. The fourth-order valence-corrected chi connectivity index (χ4v) is 5.63. The Hall–Kier alpha value is -2.16. The number of piperidine rings is 1. The van der Waals surface area contributed by atoms with Gasteiger partial charge in [0.05, 0.1) is 27.3 Å². The largest absolute Gasteiger partial charge is 0.348 e. The number of aromatic amines is 1. The molecule has 1 atom stereocenters. The zero-order valence-corrected chi connectivity index (χ0v) is 16.9. The number of carbonyl (C=O) groups excluding carboxylic acids is 1. The van der Waals surface area contributed by atoms with Crippen molar-refractivity contribution in [1.29, 1.82) is 0 Å². The summed E-state index contributed by atoms with van der Waals surface area (Å²) in [5.41, 5.74) is 4.76. The van der Waals surface area contributed by atoms with E-state index in [0.717, 1.165) is 59.5 Å². The van der Waals surface area contributed by atoms with Gasteiger partial charge in [-0.15, -0.1) is 11.3 Å². The Kier molecular flexibility index (Phi) is 4.92. The van der Waals surface area contributed by atoms with E-state index in [-0.39, 0.29) is 11.9 Å². The highest BCUT2D eigenvalue weighted by molar-refractivity contribution is 8.04. The molecule has 5 rings (SSSR count). The van der Waals surface area contributed by atoms with E-state index in [1.54, 1.807) is 11.3 Å². The van der Waals surface area contributed by atoms with E-state index in [2.05, 4.69) is 31.2 Å². The van der Waals surface area contributed by atoms with E-state index in [1.807, 2.05) is 29.8 Å². The third-order valence-corrected chi connectivity index (χ3v) is 7.19. The van der Waals surface area contributed by atoms with Gasteiger partial charge in [-0.3, -0.25) is 9.89 Å². The van der Waals surface area contributed by atoms with Crippen molar-refractivity contribution in [3.8, 4) is 0 Å². The van der Waals surface area contributed by atoms with Crippen LogP contribution < -0.4 is 10.6 Å². The maximum Gasteiger partial charge on any atom is 0.258 e. The van der Waals surface area contributed by atoms with Crippen molar-refractivity contribution >= 4 is 46.0 Å². The molecule has 1 saturated heterocycles. The van der Waals surface area contributed by atoms with Gasteiger partial charge in [0.1, 0.15) is 0 Å². The fraction of sp³-hybridized carbons (Fsp3) is 0.350. The Balaban J connectivity index is 1.38. The van der Waals surface area contributed by atoms with Crippen LogP contribution in [0.3, 0.4) is 0 Å². The number of carbonyl (C=O) groups is 1. The average molecular weight is 412 g/mol. The Morgan fingerprint density at radius 1 is 1.32 bits per heavy atom. The molecule has 4 heterocycles. The third kappa shape index (κ3) is 3.47. The summed E-state index contributed by atoms with van der Waals surface area (Å²) < 4.78 is 0. The highest BCUT2D eigenvalue weighted by Gasteiger charge is 2.28. The predicted octanol–water partition coefficient (Wildman–Crippen LogP) is 3.19. The Morgan fingerprint density at radius 2 is 2.21 bits per heavy atom. The molecule has 0 radical (unpaired) electrons. The minimum Gasteiger partial charge on any atom is -0.348 e. The molecule has 1 aromatic carbocycles. The lowest BCUT2D eigenvalue weighted by Crippen LogP contribution is -2.46. The van der Waals surface area contributed by atoms with E-state index >= 15 is 0 Å². The Morgan fingerprint density at radius 3 is 3.04 bits per heavy atom. The fourth-order valence-electron chi connectivity index (χ4n) is 4.03. The molecule has 2 aliphatic rings. The zero-order valence-electron chi connectivity index (χ0n) is 15.3. The quantitative estimate of drug-likeness (QED) is 0.601. The van der Waals surface area contributed by atoms with E-state index in [0.29, 0.717) is 10.8 Å². The number of aromatic nitrogens is 3. The number of amides is 1. The molecule has 6 nitrogen and oxygen atoms in total.